The van der Waals surface area contributed by atoms with E-state index in [0.717, 1.165) is 0 Å². The van der Waals surface area contributed by atoms with E-state index >= 15 is 0 Å². The SMILES string of the molecule is CC1CN(C(=O)c2coc(CCN)n2)CC(C)O1. The fraction of sp³-hybridized carbons (Fsp3) is 0.667. The monoisotopic (exact) mass is 253 g/mol. The van der Waals surface area contributed by atoms with Crippen molar-refractivity contribution in [3.63, 3.8) is 0 Å². The molecule has 1 aromatic rings. The van der Waals surface area contributed by atoms with Crippen LogP contribution in [0.1, 0.15) is 30.2 Å². The zero-order valence-electron chi connectivity index (χ0n) is 10.8. The summed E-state index contributed by atoms with van der Waals surface area (Å²) < 4.78 is 10.8. The van der Waals surface area contributed by atoms with Crippen LogP contribution in [0.5, 0.6) is 0 Å². The summed E-state index contributed by atoms with van der Waals surface area (Å²) >= 11 is 0. The Hall–Kier alpha value is -1.40. The molecule has 100 valence electrons. The number of hydrogen-bond donors (Lipinski definition) is 1. The zero-order valence-corrected chi connectivity index (χ0v) is 10.8. The van der Waals surface area contributed by atoms with Crippen LogP contribution in [-0.4, -0.2) is 47.6 Å². The first-order valence-corrected chi connectivity index (χ1v) is 6.19. The van der Waals surface area contributed by atoms with E-state index in [4.69, 9.17) is 14.9 Å². The molecule has 0 radical (unpaired) electrons. The number of hydrogen-bond acceptors (Lipinski definition) is 5. The molecular weight excluding hydrogens is 234 g/mol. The van der Waals surface area contributed by atoms with Crippen LogP contribution in [0, 0.1) is 0 Å². The van der Waals surface area contributed by atoms with Crippen LogP contribution in [0.2, 0.25) is 0 Å². The molecule has 6 heteroatoms. The molecule has 1 aliphatic rings. The van der Waals surface area contributed by atoms with Crippen molar-refractivity contribution in [1.82, 2.24) is 9.88 Å². The van der Waals surface area contributed by atoms with E-state index in [-0.39, 0.29) is 18.1 Å². The molecule has 1 amide bonds. The highest BCUT2D eigenvalue weighted by Crippen LogP contribution is 2.14. The molecule has 2 unspecified atom stereocenters. The van der Waals surface area contributed by atoms with Gasteiger partial charge in [-0.1, -0.05) is 0 Å². The van der Waals surface area contributed by atoms with E-state index in [1.807, 2.05) is 13.8 Å². The fourth-order valence-corrected chi connectivity index (χ4v) is 2.15. The van der Waals surface area contributed by atoms with Gasteiger partial charge in [0.15, 0.2) is 11.6 Å². The molecule has 0 bridgehead atoms. The van der Waals surface area contributed by atoms with Crippen molar-refractivity contribution in [3.05, 3.63) is 17.8 Å². The largest absolute Gasteiger partial charge is 0.448 e. The third-order valence-corrected chi connectivity index (χ3v) is 2.84. The maximum absolute atomic E-state index is 12.2. The molecule has 0 aliphatic carbocycles. The van der Waals surface area contributed by atoms with Crippen LogP contribution < -0.4 is 5.73 Å². The van der Waals surface area contributed by atoms with Gasteiger partial charge < -0.3 is 19.8 Å². The number of nitrogens with zero attached hydrogens (tertiary/aromatic N) is 2. The van der Waals surface area contributed by atoms with E-state index in [1.165, 1.54) is 6.26 Å². The van der Waals surface area contributed by atoms with Crippen molar-refractivity contribution in [1.29, 1.82) is 0 Å². The van der Waals surface area contributed by atoms with Crippen molar-refractivity contribution < 1.29 is 13.9 Å². The summed E-state index contributed by atoms with van der Waals surface area (Å²) in [4.78, 5) is 18.1. The normalized spacial score (nSPS) is 24.3. The van der Waals surface area contributed by atoms with Gasteiger partial charge >= 0.3 is 0 Å². The van der Waals surface area contributed by atoms with Gasteiger partial charge in [-0.15, -0.1) is 0 Å². The van der Waals surface area contributed by atoms with Crippen LogP contribution in [-0.2, 0) is 11.2 Å². The Labute approximate surface area is 106 Å². The summed E-state index contributed by atoms with van der Waals surface area (Å²) in [7, 11) is 0. The quantitative estimate of drug-likeness (QED) is 0.844. The van der Waals surface area contributed by atoms with Crippen LogP contribution in [0.4, 0.5) is 0 Å². The number of oxazole rings is 1. The number of morpholine rings is 1. The smallest absolute Gasteiger partial charge is 0.275 e. The Morgan fingerprint density at radius 1 is 1.50 bits per heavy atom. The van der Waals surface area contributed by atoms with Gasteiger partial charge in [0, 0.05) is 26.1 Å². The van der Waals surface area contributed by atoms with Crippen molar-refractivity contribution in [3.8, 4) is 0 Å². The lowest BCUT2D eigenvalue weighted by Crippen LogP contribution is -2.48. The average molecular weight is 253 g/mol. The summed E-state index contributed by atoms with van der Waals surface area (Å²) in [6.45, 7) is 5.54. The van der Waals surface area contributed by atoms with Crippen molar-refractivity contribution in [2.24, 2.45) is 5.73 Å². The highest BCUT2D eigenvalue weighted by molar-refractivity contribution is 5.92. The molecule has 1 aliphatic heterocycles. The summed E-state index contributed by atoms with van der Waals surface area (Å²) in [6.07, 6.45) is 2.04. The van der Waals surface area contributed by atoms with Crippen molar-refractivity contribution >= 4 is 5.91 Å². The molecule has 18 heavy (non-hydrogen) atoms. The lowest BCUT2D eigenvalue weighted by atomic mass is 10.2. The molecule has 2 heterocycles. The second-order valence-corrected chi connectivity index (χ2v) is 4.63. The van der Waals surface area contributed by atoms with Crippen LogP contribution >= 0.6 is 0 Å². The lowest BCUT2D eigenvalue weighted by Gasteiger charge is -2.34. The average Bonchev–Trinajstić information content (AvgIpc) is 2.76. The second kappa shape index (κ2) is 5.49. The lowest BCUT2D eigenvalue weighted by molar-refractivity contribution is -0.0587. The molecule has 1 aromatic heterocycles. The van der Waals surface area contributed by atoms with Gasteiger partial charge in [-0.05, 0) is 13.8 Å². The van der Waals surface area contributed by atoms with Gasteiger partial charge in [-0.2, -0.15) is 0 Å². The third kappa shape index (κ3) is 2.88. The number of carbonyl (C=O) groups is 1. The minimum absolute atomic E-state index is 0.0492. The van der Waals surface area contributed by atoms with Crippen LogP contribution in [0.25, 0.3) is 0 Å². The van der Waals surface area contributed by atoms with E-state index < -0.39 is 0 Å². The standard InChI is InChI=1S/C12H19N3O3/c1-8-5-15(6-9(2)18-8)12(16)10-7-17-11(14-10)3-4-13/h7-9H,3-6,13H2,1-2H3. The Morgan fingerprint density at radius 3 is 2.78 bits per heavy atom. The summed E-state index contributed by atoms with van der Waals surface area (Å²) in [6, 6.07) is 0. The van der Waals surface area contributed by atoms with Crippen LogP contribution in [0.15, 0.2) is 10.7 Å². The number of aromatic nitrogens is 1. The van der Waals surface area contributed by atoms with Gasteiger partial charge in [0.1, 0.15) is 6.26 Å². The molecule has 0 spiro atoms. The maximum atomic E-state index is 12.2. The number of rotatable bonds is 3. The Balaban J connectivity index is 2.05. The van der Waals surface area contributed by atoms with E-state index in [0.29, 0.717) is 37.6 Å². The predicted octanol–water partition coefficient (Wildman–Crippen LogP) is 0.425. The number of amides is 1. The van der Waals surface area contributed by atoms with Gasteiger partial charge in [0.05, 0.1) is 12.2 Å². The molecule has 1 fully saturated rings. The van der Waals surface area contributed by atoms with E-state index in [2.05, 4.69) is 4.98 Å². The summed E-state index contributed by atoms with van der Waals surface area (Å²) in [5, 5.41) is 0. The van der Waals surface area contributed by atoms with Gasteiger partial charge in [-0.3, -0.25) is 4.79 Å². The molecule has 1 saturated heterocycles. The van der Waals surface area contributed by atoms with Crippen molar-refractivity contribution in [2.75, 3.05) is 19.6 Å². The first-order chi connectivity index (χ1) is 8.60. The number of carbonyl (C=O) groups excluding carboxylic acids is 1. The Morgan fingerprint density at radius 2 is 2.17 bits per heavy atom. The molecule has 2 N–H and O–H groups in total. The highest BCUT2D eigenvalue weighted by atomic mass is 16.5. The molecule has 6 nitrogen and oxygen atoms in total. The number of nitrogens with two attached hydrogens (primary N) is 1. The maximum Gasteiger partial charge on any atom is 0.275 e. The first kappa shape index (κ1) is 13.0. The molecule has 2 atom stereocenters. The predicted molar refractivity (Wildman–Crippen MR) is 65.2 cm³/mol. The second-order valence-electron chi connectivity index (χ2n) is 4.63. The highest BCUT2D eigenvalue weighted by Gasteiger charge is 2.28. The fourth-order valence-electron chi connectivity index (χ4n) is 2.15. The minimum Gasteiger partial charge on any atom is -0.448 e. The Bertz CT molecular complexity index is 408. The minimum atomic E-state index is -0.107. The van der Waals surface area contributed by atoms with E-state index in [9.17, 15) is 4.79 Å². The first-order valence-electron chi connectivity index (χ1n) is 6.19. The summed E-state index contributed by atoms with van der Waals surface area (Å²) in [5.74, 6) is 0.402. The molecule has 0 saturated carbocycles. The Kier molecular flexibility index (Phi) is 3.98. The topological polar surface area (TPSA) is 81.6 Å². The number of ether oxygens (including phenoxy) is 1. The molecule has 2 rings (SSSR count). The van der Waals surface area contributed by atoms with Crippen LogP contribution in [0.3, 0.4) is 0 Å². The molecule has 0 aromatic carbocycles. The van der Waals surface area contributed by atoms with Crippen molar-refractivity contribution in [2.45, 2.75) is 32.5 Å². The van der Waals surface area contributed by atoms with Gasteiger partial charge in [0.2, 0.25) is 0 Å². The molecular formula is C12H19N3O3. The summed E-state index contributed by atoms with van der Waals surface area (Å²) in [5.41, 5.74) is 5.76. The third-order valence-electron chi connectivity index (χ3n) is 2.84. The van der Waals surface area contributed by atoms with Gasteiger partial charge in [0.25, 0.3) is 5.91 Å². The van der Waals surface area contributed by atoms with Gasteiger partial charge in [-0.25, -0.2) is 4.98 Å². The zero-order chi connectivity index (χ0) is 13.1. The van der Waals surface area contributed by atoms with E-state index in [1.54, 1.807) is 4.90 Å².